The van der Waals surface area contributed by atoms with Gasteiger partial charge in [0, 0.05) is 51.4 Å². The van der Waals surface area contributed by atoms with Crippen LogP contribution >= 0.6 is 0 Å². The van der Waals surface area contributed by atoms with Gasteiger partial charge in [-0.1, -0.05) is 36.4 Å². The molecule has 2 aromatic carbocycles. The van der Waals surface area contributed by atoms with Crippen molar-refractivity contribution in [3.63, 3.8) is 0 Å². The third kappa shape index (κ3) is 4.19. The summed E-state index contributed by atoms with van der Waals surface area (Å²) < 4.78 is 0. The average molecular weight is 325 g/mol. The van der Waals surface area contributed by atoms with E-state index in [1.54, 1.807) is 18.2 Å². The number of benzene rings is 2. The zero-order valence-corrected chi connectivity index (χ0v) is 14.0. The number of hydrogen-bond acceptors (Lipinski definition) is 4. The van der Waals surface area contributed by atoms with E-state index in [9.17, 15) is 10.1 Å². The Morgan fingerprint density at radius 3 is 2.29 bits per heavy atom. The number of non-ortho nitro benzene ring substituents is 1. The van der Waals surface area contributed by atoms with Gasteiger partial charge in [0.1, 0.15) is 0 Å². The monoisotopic (exact) mass is 325 g/mol. The second-order valence-electron chi connectivity index (χ2n) is 6.41. The molecule has 0 atom stereocenters. The fourth-order valence-electron chi connectivity index (χ4n) is 3.16. The first-order chi connectivity index (χ1) is 11.6. The SMILES string of the molecule is Cc1ccccc1CN1CCN(Cc2cccc([N+](=O)[O-])c2)CC1. The Morgan fingerprint density at radius 2 is 1.62 bits per heavy atom. The van der Waals surface area contributed by atoms with Crippen molar-refractivity contribution in [1.29, 1.82) is 0 Å². The van der Waals surface area contributed by atoms with Crippen LogP contribution in [0.5, 0.6) is 0 Å². The first-order valence-corrected chi connectivity index (χ1v) is 8.34. The van der Waals surface area contributed by atoms with E-state index in [1.165, 1.54) is 11.1 Å². The van der Waals surface area contributed by atoms with E-state index < -0.39 is 0 Å². The van der Waals surface area contributed by atoms with Crippen LogP contribution in [0, 0.1) is 17.0 Å². The van der Waals surface area contributed by atoms with Gasteiger partial charge >= 0.3 is 0 Å². The molecule has 0 N–H and O–H groups in total. The fraction of sp³-hybridized carbons (Fsp3) is 0.368. The second kappa shape index (κ2) is 7.55. The van der Waals surface area contributed by atoms with Gasteiger partial charge in [0.15, 0.2) is 0 Å². The van der Waals surface area contributed by atoms with Crippen LogP contribution in [-0.4, -0.2) is 40.9 Å². The smallest absolute Gasteiger partial charge is 0.269 e. The molecule has 126 valence electrons. The van der Waals surface area contributed by atoms with Gasteiger partial charge in [-0.05, 0) is 23.6 Å². The molecule has 5 nitrogen and oxygen atoms in total. The predicted molar refractivity (Wildman–Crippen MR) is 94.8 cm³/mol. The zero-order valence-electron chi connectivity index (χ0n) is 14.0. The lowest BCUT2D eigenvalue weighted by Gasteiger charge is -2.35. The van der Waals surface area contributed by atoms with Crippen LogP contribution in [0.4, 0.5) is 5.69 Å². The van der Waals surface area contributed by atoms with E-state index in [2.05, 4.69) is 41.0 Å². The molecule has 1 heterocycles. The van der Waals surface area contributed by atoms with Crippen LogP contribution < -0.4 is 0 Å². The summed E-state index contributed by atoms with van der Waals surface area (Å²) in [6.07, 6.45) is 0. The van der Waals surface area contributed by atoms with Crippen LogP contribution in [-0.2, 0) is 13.1 Å². The summed E-state index contributed by atoms with van der Waals surface area (Å²) in [5.41, 5.74) is 3.92. The molecule has 0 radical (unpaired) electrons. The Hall–Kier alpha value is -2.24. The van der Waals surface area contributed by atoms with E-state index in [-0.39, 0.29) is 10.6 Å². The summed E-state index contributed by atoms with van der Waals surface area (Å²) in [6.45, 7) is 7.99. The van der Waals surface area contributed by atoms with Crippen molar-refractivity contribution in [2.75, 3.05) is 26.2 Å². The normalized spacial score (nSPS) is 16.2. The van der Waals surface area contributed by atoms with Crippen LogP contribution in [0.15, 0.2) is 48.5 Å². The standard InChI is InChI=1S/C19H23N3O2/c1-16-5-2-3-7-18(16)15-21-11-9-20(10-12-21)14-17-6-4-8-19(13-17)22(23)24/h2-8,13H,9-12,14-15H2,1H3. The number of aryl methyl sites for hydroxylation is 1. The van der Waals surface area contributed by atoms with Crippen molar-refractivity contribution in [1.82, 2.24) is 9.80 Å². The molecule has 0 aliphatic carbocycles. The minimum Gasteiger partial charge on any atom is -0.297 e. The summed E-state index contributed by atoms with van der Waals surface area (Å²) in [6, 6.07) is 15.5. The van der Waals surface area contributed by atoms with Gasteiger partial charge in [-0.15, -0.1) is 0 Å². The molecule has 0 aromatic heterocycles. The number of piperazine rings is 1. The van der Waals surface area contributed by atoms with Crippen molar-refractivity contribution < 1.29 is 4.92 Å². The summed E-state index contributed by atoms with van der Waals surface area (Å²) >= 11 is 0. The maximum Gasteiger partial charge on any atom is 0.269 e. The molecular formula is C19H23N3O2. The summed E-state index contributed by atoms with van der Waals surface area (Å²) in [7, 11) is 0. The maximum absolute atomic E-state index is 10.9. The Balaban J connectivity index is 1.53. The molecule has 5 heteroatoms. The molecule has 0 unspecified atom stereocenters. The number of rotatable bonds is 5. The molecule has 0 spiro atoms. The van der Waals surface area contributed by atoms with Crippen molar-refractivity contribution in [3.8, 4) is 0 Å². The molecular weight excluding hydrogens is 302 g/mol. The van der Waals surface area contributed by atoms with E-state index in [1.807, 2.05) is 6.07 Å². The second-order valence-corrected chi connectivity index (χ2v) is 6.41. The first-order valence-electron chi connectivity index (χ1n) is 8.34. The molecule has 0 amide bonds. The molecule has 3 rings (SSSR count). The Labute approximate surface area is 142 Å². The molecule has 2 aromatic rings. The van der Waals surface area contributed by atoms with Crippen LogP contribution in [0.25, 0.3) is 0 Å². The molecule has 24 heavy (non-hydrogen) atoms. The van der Waals surface area contributed by atoms with E-state index in [0.717, 1.165) is 44.8 Å². The highest BCUT2D eigenvalue weighted by Crippen LogP contribution is 2.17. The maximum atomic E-state index is 10.9. The van der Waals surface area contributed by atoms with E-state index in [0.29, 0.717) is 0 Å². The van der Waals surface area contributed by atoms with Crippen molar-refractivity contribution in [2.24, 2.45) is 0 Å². The van der Waals surface area contributed by atoms with Crippen LogP contribution in [0.1, 0.15) is 16.7 Å². The molecule has 1 saturated heterocycles. The molecule has 1 fully saturated rings. The topological polar surface area (TPSA) is 49.6 Å². The van der Waals surface area contributed by atoms with Crippen molar-refractivity contribution in [2.45, 2.75) is 20.0 Å². The summed E-state index contributed by atoms with van der Waals surface area (Å²) in [5, 5.41) is 10.9. The first kappa shape index (κ1) is 16.6. The molecule has 1 aliphatic heterocycles. The fourth-order valence-corrected chi connectivity index (χ4v) is 3.16. The Bertz CT molecular complexity index is 709. The predicted octanol–water partition coefficient (Wildman–Crippen LogP) is 3.22. The molecule has 0 bridgehead atoms. The summed E-state index contributed by atoms with van der Waals surface area (Å²) in [5.74, 6) is 0. The van der Waals surface area contributed by atoms with Gasteiger partial charge in [-0.2, -0.15) is 0 Å². The highest BCUT2D eigenvalue weighted by molar-refractivity contribution is 5.34. The number of nitro groups is 1. The molecule has 1 aliphatic rings. The van der Waals surface area contributed by atoms with E-state index >= 15 is 0 Å². The number of nitrogens with zero attached hydrogens (tertiary/aromatic N) is 3. The largest absolute Gasteiger partial charge is 0.297 e. The quantitative estimate of drug-likeness (QED) is 0.625. The van der Waals surface area contributed by atoms with E-state index in [4.69, 9.17) is 0 Å². The lowest BCUT2D eigenvalue weighted by atomic mass is 10.1. The number of hydrogen-bond donors (Lipinski definition) is 0. The van der Waals surface area contributed by atoms with Crippen LogP contribution in [0.2, 0.25) is 0 Å². The Kier molecular flexibility index (Phi) is 5.23. The third-order valence-electron chi connectivity index (χ3n) is 4.65. The van der Waals surface area contributed by atoms with Gasteiger partial charge in [-0.3, -0.25) is 19.9 Å². The van der Waals surface area contributed by atoms with Gasteiger partial charge in [0.2, 0.25) is 0 Å². The lowest BCUT2D eigenvalue weighted by Crippen LogP contribution is -2.45. The highest BCUT2D eigenvalue weighted by Gasteiger charge is 2.18. The van der Waals surface area contributed by atoms with Gasteiger partial charge < -0.3 is 0 Å². The minimum absolute atomic E-state index is 0.172. The Morgan fingerprint density at radius 1 is 0.958 bits per heavy atom. The number of nitro benzene ring substituents is 1. The molecule has 0 saturated carbocycles. The van der Waals surface area contributed by atoms with Gasteiger partial charge in [-0.25, -0.2) is 0 Å². The summed E-state index contributed by atoms with van der Waals surface area (Å²) in [4.78, 5) is 15.4. The van der Waals surface area contributed by atoms with Crippen molar-refractivity contribution >= 4 is 5.69 Å². The van der Waals surface area contributed by atoms with Crippen molar-refractivity contribution in [3.05, 3.63) is 75.3 Å². The zero-order chi connectivity index (χ0) is 16.9. The highest BCUT2D eigenvalue weighted by atomic mass is 16.6. The van der Waals surface area contributed by atoms with Gasteiger partial charge in [0.05, 0.1) is 4.92 Å². The third-order valence-corrected chi connectivity index (χ3v) is 4.65. The van der Waals surface area contributed by atoms with Crippen LogP contribution in [0.3, 0.4) is 0 Å². The average Bonchev–Trinajstić information content (AvgIpc) is 2.59. The lowest BCUT2D eigenvalue weighted by molar-refractivity contribution is -0.384. The van der Waals surface area contributed by atoms with Gasteiger partial charge in [0.25, 0.3) is 5.69 Å². The minimum atomic E-state index is -0.330.